The number of anilines is 3. The van der Waals surface area contributed by atoms with Crippen LogP contribution in [-0.2, 0) is 11.8 Å². The molecular formula is C38H46N6O4. The molecule has 3 N–H and O–H groups in total. The van der Waals surface area contributed by atoms with E-state index in [2.05, 4.69) is 48.9 Å². The minimum Gasteiger partial charge on any atom is -0.493 e. The first kappa shape index (κ1) is 32.9. The van der Waals surface area contributed by atoms with Gasteiger partial charge in [-0.3, -0.25) is 5.32 Å². The molecule has 2 saturated heterocycles. The predicted octanol–water partition coefficient (Wildman–Crippen LogP) is 8.16. The first-order valence-corrected chi connectivity index (χ1v) is 16.7. The molecule has 3 aromatic carbocycles. The number of benzene rings is 3. The molecule has 4 amide bonds. The van der Waals surface area contributed by atoms with E-state index in [1.54, 1.807) is 31.0 Å². The van der Waals surface area contributed by atoms with Crippen LogP contribution in [0, 0.1) is 12.8 Å². The van der Waals surface area contributed by atoms with Gasteiger partial charge in [-0.25, -0.2) is 14.3 Å². The third-order valence-electron chi connectivity index (χ3n) is 9.43. The van der Waals surface area contributed by atoms with Gasteiger partial charge in [0, 0.05) is 41.0 Å². The van der Waals surface area contributed by atoms with Gasteiger partial charge in [-0.05, 0) is 86.9 Å². The zero-order valence-corrected chi connectivity index (χ0v) is 28.7. The van der Waals surface area contributed by atoms with Gasteiger partial charge < -0.3 is 25.0 Å². The topological polar surface area (TPSA) is 110 Å². The summed E-state index contributed by atoms with van der Waals surface area (Å²) in [5, 5.41) is 13.9. The number of urea groups is 2. The number of piperidine rings is 1. The van der Waals surface area contributed by atoms with Gasteiger partial charge in [0.25, 0.3) is 0 Å². The molecule has 252 valence electrons. The normalized spacial score (nSPS) is 18.7. The van der Waals surface area contributed by atoms with Crippen LogP contribution in [0.5, 0.6) is 11.5 Å². The molecule has 0 saturated carbocycles. The Morgan fingerprint density at radius 2 is 1.46 bits per heavy atom. The number of carbonyl (C=O) groups excluding carboxylic acids is 2. The molecular weight excluding hydrogens is 604 g/mol. The summed E-state index contributed by atoms with van der Waals surface area (Å²) in [4.78, 5) is 28.5. The van der Waals surface area contributed by atoms with E-state index >= 15 is 0 Å². The third kappa shape index (κ3) is 7.27. The fraction of sp³-hybridized carbons (Fsp3) is 0.395. The summed E-state index contributed by atoms with van der Waals surface area (Å²) in [5.41, 5.74) is 5.39. The van der Waals surface area contributed by atoms with Crippen LogP contribution in [0.2, 0.25) is 0 Å². The summed E-state index contributed by atoms with van der Waals surface area (Å²) in [7, 11) is 3.18. The Hall–Kier alpha value is -4.99. The number of nitrogens with one attached hydrogen (secondary N) is 3. The largest absolute Gasteiger partial charge is 0.493 e. The van der Waals surface area contributed by atoms with E-state index in [0.717, 1.165) is 54.7 Å². The molecule has 2 aliphatic heterocycles. The van der Waals surface area contributed by atoms with Crippen LogP contribution in [0.3, 0.4) is 0 Å². The predicted molar refractivity (Wildman–Crippen MR) is 190 cm³/mol. The third-order valence-corrected chi connectivity index (χ3v) is 9.43. The first-order valence-electron chi connectivity index (χ1n) is 16.7. The highest BCUT2D eigenvalue weighted by Gasteiger charge is 2.43. The van der Waals surface area contributed by atoms with Crippen molar-refractivity contribution in [2.75, 3.05) is 30.2 Å². The molecule has 2 bridgehead atoms. The number of carbonyl (C=O) groups is 2. The minimum atomic E-state index is -0.327. The fourth-order valence-corrected chi connectivity index (χ4v) is 6.95. The van der Waals surface area contributed by atoms with Crippen LogP contribution in [-0.4, -0.2) is 53.0 Å². The zero-order chi connectivity index (χ0) is 34.0. The Bertz CT molecular complexity index is 1750. The van der Waals surface area contributed by atoms with Crippen LogP contribution in [0.4, 0.5) is 26.8 Å². The second-order valence-corrected chi connectivity index (χ2v) is 14.0. The van der Waals surface area contributed by atoms with Crippen molar-refractivity contribution in [3.63, 3.8) is 0 Å². The maximum Gasteiger partial charge on any atom is 0.324 e. The molecule has 4 aromatic rings. The average Bonchev–Trinajstić information content (AvgIpc) is 3.60. The number of ether oxygens (including phenoxy) is 2. The zero-order valence-electron chi connectivity index (χ0n) is 28.7. The highest BCUT2D eigenvalue weighted by atomic mass is 16.5. The molecule has 10 nitrogen and oxygen atoms in total. The van der Waals surface area contributed by atoms with Crippen molar-refractivity contribution < 1.29 is 19.1 Å². The summed E-state index contributed by atoms with van der Waals surface area (Å²) >= 11 is 0. The molecule has 1 aromatic heterocycles. The Morgan fingerprint density at radius 3 is 2.08 bits per heavy atom. The van der Waals surface area contributed by atoms with Crippen molar-refractivity contribution >= 4 is 29.3 Å². The molecule has 2 aliphatic rings. The summed E-state index contributed by atoms with van der Waals surface area (Å²) in [6, 6.07) is 23.6. The van der Waals surface area contributed by atoms with E-state index in [-0.39, 0.29) is 29.6 Å². The molecule has 10 heteroatoms. The monoisotopic (exact) mass is 650 g/mol. The smallest absolute Gasteiger partial charge is 0.324 e. The van der Waals surface area contributed by atoms with E-state index in [9.17, 15) is 9.59 Å². The molecule has 2 unspecified atom stereocenters. The second kappa shape index (κ2) is 13.6. The molecule has 0 aliphatic carbocycles. The van der Waals surface area contributed by atoms with Crippen molar-refractivity contribution in [3.8, 4) is 17.2 Å². The number of rotatable bonds is 8. The van der Waals surface area contributed by atoms with Crippen molar-refractivity contribution in [1.82, 2.24) is 14.7 Å². The van der Waals surface area contributed by atoms with E-state index in [1.165, 1.54) is 5.56 Å². The van der Waals surface area contributed by atoms with Crippen molar-refractivity contribution in [2.24, 2.45) is 5.92 Å². The highest BCUT2D eigenvalue weighted by Crippen LogP contribution is 2.41. The summed E-state index contributed by atoms with van der Waals surface area (Å²) in [6.07, 6.45) is 4.94. The molecule has 2 fully saturated rings. The Kier molecular flexibility index (Phi) is 9.35. The van der Waals surface area contributed by atoms with Crippen LogP contribution < -0.4 is 25.4 Å². The molecule has 0 spiro atoms. The van der Waals surface area contributed by atoms with E-state index in [0.29, 0.717) is 28.9 Å². The first-order chi connectivity index (χ1) is 23.0. The Morgan fingerprint density at radius 1 is 0.812 bits per heavy atom. The SMILES string of the molecule is COc1ccc(NC(=O)N2C3CCC2CC(Cc2ccc(NC(=O)Nc4cc(C(C)(C)C)nn4-c4ccc(C)cc4)cc2)C3)cc1OC. The number of aryl methyl sites for hydroxylation is 1. The van der Waals surface area contributed by atoms with Crippen molar-refractivity contribution in [3.05, 3.63) is 89.6 Å². The van der Waals surface area contributed by atoms with Gasteiger partial charge in [0.2, 0.25) is 0 Å². The maximum atomic E-state index is 13.3. The Balaban J connectivity index is 1.04. The van der Waals surface area contributed by atoms with Crippen molar-refractivity contribution in [2.45, 2.75) is 77.3 Å². The van der Waals surface area contributed by atoms with Crippen LogP contribution in [0.15, 0.2) is 72.8 Å². The maximum absolute atomic E-state index is 13.3. The lowest BCUT2D eigenvalue weighted by atomic mass is 9.86. The van der Waals surface area contributed by atoms with E-state index in [4.69, 9.17) is 14.6 Å². The average molecular weight is 651 g/mol. The van der Waals surface area contributed by atoms with Crippen LogP contribution >= 0.6 is 0 Å². The standard InChI is InChI=1S/C38H46N6O4/c1-24-7-14-29(15-8-24)44-35(23-34(42-44)38(2,3)4)41-36(45)39-27-11-9-25(10-12-27)19-26-20-30-16-17-31(21-26)43(30)37(46)40-28-13-18-32(47-5)33(22-28)48-6/h7-15,18,22-23,26,30-31H,16-17,19-21H2,1-6H3,(H,40,46)(H2,39,41,45). The number of amides is 4. The fourth-order valence-electron chi connectivity index (χ4n) is 6.95. The molecule has 2 atom stereocenters. The number of nitrogens with zero attached hydrogens (tertiary/aromatic N) is 3. The quantitative estimate of drug-likeness (QED) is 0.178. The lowest BCUT2D eigenvalue weighted by molar-refractivity contribution is 0.131. The summed E-state index contributed by atoms with van der Waals surface area (Å²) < 4.78 is 12.5. The number of hydrogen-bond donors (Lipinski definition) is 3. The highest BCUT2D eigenvalue weighted by molar-refractivity contribution is 5.99. The minimum absolute atomic E-state index is 0.0570. The van der Waals surface area contributed by atoms with Gasteiger partial charge in [0.05, 0.1) is 25.6 Å². The van der Waals surface area contributed by atoms with E-state index in [1.807, 2.05) is 60.4 Å². The number of fused-ring (bicyclic) bond motifs is 2. The number of methoxy groups -OCH3 is 2. The summed E-state index contributed by atoms with van der Waals surface area (Å²) in [6.45, 7) is 8.36. The van der Waals surface area contributed by atoms with Gasteiger partial charge in [0.15, 0.2) is 11.5 Å². The molecule has 3 heterocycles. The molecule has 0 radical (unpaired) electrons. The van der Waals surface area contributed by atoms with Gasteiger partial charge in [-0.2, -0.15) is 5.10 Å². The summed E-state index contributed by atoms with van der Waals surface area (Å²) in [5.74, 6) is 2.31. The van der Waals surface area contributed by atoms with Crippen molar-refractivity contribution in [1.29, 1.82) is 0 Å². The van der Waals surface area contributed by atoms with Gasteiger partial charge in [-0.1, -0.05) is 50.6 Å². The molecule has 6 rings (SSSR count). The molecule has 48 heavy (non-hydrogen) atoms. The van der Waals surface area contributed by atoms with Crippen LogP contribution in [0.25, 0.3) is 5.69 Å². The lowest BCUT2D eigenvalue weighted by Gasteiger charge is -2.39. The van der Waals surface area contributed by atoms with E-state index < -0.39 is 0 Å². The Labute approximate surface area is 282 Å². The van der Waals surface area contributed by atoms with Gasteiger partial charge >= 0.3 is 12.1 Å². The second-order valence-electron chi connectivity index (χ2n) is 14.0. The van der Waals surface area contributed by atoms with Gasteiger partial charge in [0.1, 0.15) is 5.82 Å². The number of aromatic nitrogens is 2. The lowest BCUT2D eigenvalue weighted by Crippen LogP contribution is -2.48. The van der Waals surface area contributed by atoms with Gasteiger partial charge in [-0.15, -0.1) is 0 Å². The number of hydrogen-bond acceptors (Lipinski definition) is 5. The van der Waals surface area contributed by atoms with Crippen LogP contribution in [0.1, 0.15) is 63.3 Å².